The summed E-state index contributed by atoms with van der Waals surface area (Å²) in [6.07, 6.45) is 5.36. The first kappa shape index (κ1) is 13.3. The van der Waals surface area contributed by atoms with Gasteiger partial charge in [0.15, 0.2) is 0 Å². The number of rotatable bonds is 5. The van der Waals surface area contributed by atoms with E-state index in [9.17, 15) is 10.1 Å². The lowest BCUT2D eigenvalue weighted by molar-refractivity contribution is -0.383. The van der Waals surface area contributed by atoms with E-state index in [1.807, 2.05) is 6.07 Å². The molecule has 0 radical (unpaired) electrons. The molecule has 0 amide bonds. The molecule has 1 heterocycles. The Bertz CT molecular complexity index is 598. The Hall–Kier alpha value is -2.17. The van der Waals surface area contributed by atoms with Crippen molar-refractivity contribution < 1.29 is 4.92 Å². The minimum atomic E-state index is -0.372. The number of nitro benzene ring substituents is 1. The smallest absolute Gasteiger partial charge is 0.278 e. The number of hydrogen-bond acceptors (Lipinski definition) is 4. The number of non-ortho nitro benzene ring substituents is 1. The van der Waals surface area contributed by atoms with Crippen LogP contribution in [0.5, 0.6) is 0 Å². The first-order chi connectivity index (χ1) is 9.13. The van der Waals surface area contributed by atoms with Gasteiger partial charge in [0, 0.05) is 35.6 Å². The van der Waals surface area contributed by atoms with E-state index in [4.69, 9.17) is 0 Å². The lowest BCUT2D eigenvalue weighted by Crippen LogP contribution is -2.14. The zero-order valence-corrected chi connectivity index (χ0v) is 11.1. The molecule has 19 heavy (non-hydrogen) atoms. The van der Waals surface area contributed by atoms with Crippen molar-refractivity contribution in [3.05, 3.63) is 40.7 Å². The molecule has 0 aliphatic rings. The normalized spacial score (nSPS) is 12.3. The van der Waals surface area contributed by atoms with Crippen molar-refractivity contribution in [2.45, 2.75) is 32.7 Å². The fourth-order valence-electron chi connectivity index (χ4n) is 2.23. The van der Waals surface area contributed by atoms with Crippen molar-refractivity contribution in [3.63, 3.8) is 0 Å². The van der Waals surface area contributed by atoms with Gasteiger partial charge in [0.2, 0.25) is 0 Å². The van der Waals surface area contributed by atoms with Gasteiger partial charge in [-0.15, -0.1) is 0 Å². The maximum Gasteiger partial charge on any atom is 0.278 e. The number of pyridine rings is 1. The molecule has 1 aromatic carbocycles. The Morgan fingerprint density at radius 3 is 2.84 bits per heavy atom. The lowest BCUT2D eigenvalue weighted by atomic mass is 10.1. The van der Waals surface area contributed by atoms with Gasteiger partial charge in [0.05, 0.1) is 10.3 Å². The second-order valence-corrected chi connectivity index (χ2v) is 4.64. The van der Waals surface area contributed by atoms with Gasteiger partial charge in [-0.05, 0) is 25.5 Å². The highest BCUT2D eigenvalue weighted by molar-refractivity contribution is 5.99. The van der Waals surface area contributed by atoms with Crippen LogP contribution in [0.2, 0.25) is 0 Å². The van der Waals surface area contributed by atoms with Crippen molar-refractivity contribution in [2.24, 2.45) is 0 Å². The van der Waals surface area contributed by atoms with Gasteiger partial charge in [-0.1, -0.05) is 13.3 Å². The molecule has 1 atom stereocenters. The predicted molar refractivity (Wildman–Crippen MR) is 76.4 cm³/mol. The highest BCUT2D eigenvalue weighted by Gasteiger charge is 2.14. The molecule has 0 aliphatic heterocycles. The summed E-state index contributed by atoms with van der Waals surface area (Å²) in [7, 11) is 0. The Morgan fingerprint density at radius 1 is 1.37 bits per heavy atom. The summed E-state index contributed by atoms with van der Waals surface area (Å²) >= 11 is 0. The largest absolute Gasteiger partial charge is 0.382 e. The summed E-state index contributed by atoms with van der Waals surface area (Å²) in [5.74, 6) is 0. The number of aromatic nitrogens is 1. The molecule has 1 unspecified atom stereocenters. The third-order valence-corrected chi connectivity index (χ3v) is 3.12. The van der Waals surface area contributed by atoms with Crippen molar-refractivity contribution >= 4 is 22.1 Å². The highest BCUT2D eigenvalue weighted by atomic mass is 16.6. The number of nitrogens with zero attached hydrogens (tertiary/aromatic N) is 2. The summed E-state index contributed by atoms with van der Waals surface area (Å²) in [6, 6.07) is 5.45. The second-order valence-electron chi connectivity index (χ2n) is 4.64. The van der Waals surface area contributed by atoms with Crippen molar-refractivity contribution in [3.8, 4) is 0 Å². The van der Waals surface area contributed by atoms with E-state index in [0.29, 0.717) is 11.4 Å². The molecule has 0 bridgehead atoms. The Labute approximate surface area is 111 Å². The van der Waals surface area contributed by atoms with E-state index in [2.05, 4.69) is 24.1 Å². The van der Waals surface area contributed by atoms with Gasteiger partial charge in [0.25, 0.3) is 5.69 Å². The standard InChI is InChI=1S/C14H17N3O2/c1-3-4-10(2)16-13-5-6-14(17(18)19)12-9-15-8-7-11(12)13/h5-10,16H,3-4H2,1-2H3. The van der Waals surface area contributed by atoms with Gasteiger partial charge < -0.3 is 5.32 Å². The highest BCUT2D eigenvalue weighted by Crippen LogP contribution is 2.31. The van der Waals surface area contributed by atoms with Crippen LogP contribution in [0.1, 0.15) is 26.7 Å². The number of anilines is 1. The molecule has 5 heteroatoms. The average molecular weight is 259 g/mol. The summed E-state index contributed by atoms with van der Waals surface area (Å²) in [6.45, 7) is 4.24. The van der Waals surface area contributed by atoms with Crippen LogP contribution in [0, 0.1) is 10.1 Å². The van der Waals surface area contributed by atoms with Crippen LogP contribution in [-0.4, -0.2) is 15.9 Å². The number of nitro groups is 1. The third kappa shape index (κ3) is 2.81. The maximum absolute atomic E-state index is 11.0. The Kier molecular flexibility index (Phi) is 3.94. The number of benzene rings is 1. The molecule has 2 aromatic rings. The van der Waals surface area contributed by atoms with Crippen LogP contribution >= 0.6 is 0 Å². The van der Waals surface area contributed by atoms with Crippen molar-refractivity contribution in [1.82, 2.24) is 4.98 Å². The van der Waals surface area contributed by atoms with Crippen molar-refractivity contribution in [2.75, 3.05) is 5.32 Å². The molecule has 2 rings (SSSR count). The summed E-state index contributed by atoms with van der Waals surface area (Å²) < 4.78 is 0. The molecule has 1 N–H and O–H groups in total. The zero-order chi connectivity index (χ0) is 13.8. The molecule has 0 saturated carbocycles. The van der Waals surface area contributed by atoms with E-state index in [0.717, 1.165) is 23.9 Å². The molecular formula is C14H17N3O2. The zero-order valence-electron chi connectivity index (χ0n) is 11.1. The van der Waals surface area contributed by atoms with E-state index in [-0.39, 0.29) is 10.6 Å². The van der Waals surface area contributed by atoms with Crippen LogP contribution in [-0.2, 0) is 0 Å². The first-order valence-electron chi connectivity index (χ1n) is 6.41. The molecule has 0 saturated heterocycles. The SMILES string of the molecule is CCCC(C)Nc1ccc([N+](=O)[O-])c2cnccc12. The Morgan fingerprint density at radius 2 is 2.16 bits per heavy atom. The number of fused-ring (bicyclic) bond motifs is 1. The molecule has 0 fully saturated rings. The van der Waals surface area contributed by atoms with Crippen LogP contribution in [0.15, 0.2) is 30.6 Å². The summed E-state index contributed by atoms with van der Waals surface area (Å²) in [5.41, 5.74) is 1.01. The number of nitrogens with one attached hydrogen (secondary N) is 1. The topological polar surface area (TPSA) is 68.1 Å². The molecule has 5 nitrogen and oxygen atoms in total. The van der Waals surface area contributed by atoms with Crippen LogP contribution in [0.4, 0.5) is 11.4 Å². The molecule has 0 aliphatic carbocycles. The predicted octanol–water partition coefficient (Wildman–Crippen LogP) is 3.74. The van der Waals surface area contributed by atoms with Gasteiger partial charge in [-0.25, -0.2) is 0 Å². The van der Waals surface area contributed by atoms with Crippen LogP contribution < -0.4 is 5.32 Å². The average Bonchev–Trinajstić information content (AvgIpc) is 2.39. The first-order valence-corrected chi connectivity index (χ1v) is 6.41. The quantitative estimate of drug-likeness (QED) is 0.656. The minimum absolute atomic E-state index is 0.0943. The fraction of sp³-hybridized carbons (Fsp3) is 0.357. The van der Waals surface area contributed by atoms with E-state index in [1.54, 1.807) is 18.5 Å². The monoisotopic (exact) mass is 259 g/mol. The van der Waals surface area contributed by atoms with Gasteiger partial charge in [-0.2, -0.15) is 0 Å². The minimum Gasteiger partial charge on any atom is -0.382 e. The molecule has 100 valence electrons. The van der Waals surface area contributed by atoms with E-state index >= 15 is 0 Å². The fourth-order valence-corrected chi connectivity index (χ4v) is 2.23. The second kappa shape index (κ2) is 5.65. The summed E-state index contributed by atoms with van der Waals surface area (Å²) in [4.78, 5) is 14.6. The van der Waals surface area contributed by atoms with Crippen LogP contribution in [0.25, 0.3) is 10.8 Å². The van der Waals surface area contributed by atoms with Gasteiger partial charge >= 0.3 is 0 Å². The summed E-state index contributed by atoms with van der Waals surface area (Å²) in [5, 5.41) is 15.8. The number of hydrogen-bond donors (Lipinski definition) is 1. The molecule has 0 spiro atoms. The molecule has 1 aromatic heterocycles. The van der Waals surface area contributed by atoms with E-state index < -0.39 is 0 Å². The molecular weight excluding hydrogens is 242 g/mol. The maximum atomic E-state index is 11.0. The van der Waals surface area contributed by atoms with Crippen molar-refractivity contribution in [1.29, 1.82) is 0 Å². The lowest BCUT2D eigenvalue weighted by Gasteiger charge is -2.16. The Balaban J connectivity index is 2.46. The van der Waals surface area contributed by atoms with Gasteiger partial charge in [0.1, 0.15) is 0 Å². The van der Waals surface area contributed by atoms with Crippen LogP contribution in [0.3, 0.4) is 0 Å². The van der Waals surface area contributed by atoms with E-state index in [1.165, 1.54) is 6.07 Å². The third-order valence-electron chi connectivity index (χ3n) is 3.12. The van der Waals surface area contributed by atoms with Gasteiger partial charge in [-0.3, -0.25) is 15.1 Å².